The first-order chi connectivity index (χ1) is 29.2. The van der Waals surface area contributed by atoms with E-state index in [1.165, 1.54) is 38.9 Å². The number of ether oxygens (including phenoxy) is 1. The Morgan fingerprint density at radius 1 is 0.483 bits per heavy atom. The van der Waals surface area contributed by atoms with Crippen molar-refractivity contribution in [1.29, 1.82) is 0 Å². The molecule has 0 aliphatic heterocycles. The molecule has 8 aromatic rings. The van der Waals surface area contributed by atoms with E-state index in [1.807, 2.05) is 66.7 Å². The summed E-state index contributed by atoms with van der Waals surface area (Å²) in [6.45, 7) is 11.2. The number of carbonyl (C=O) groups excluding carboxylic acids is 1. The number of carbonyl (C=O) groups is 1. The van der Waals surface area contributed by atoms with Crippen LogP contribution >= 0.6 is 0 Å². The van der Waals surface area contributed by atoms with E-state index >= 15 is 0 Å². The molecular formula is C56H48N2O2. The third-order valence-electron chi connectivity index (χ3n) is 11.8. The van der Waals surface area contributed by atoms with Crippen molar-refractivity contribution in [3.63, 3.8) is 0 Å². The van der Waals surface area contributed by atoms with Crippen molar-refractivity contribution in [3.05, 3.63) is 222 Å². The van der Waals surface area contributed by atoms with Gasteiger partial charge in [-0.25, -0.2) is 4.79 Å². The van der Waals surface area contributed by atoms with Gasteiger partial charge in [0, 0.05) is 39.5 Å². The van der Waals surface area contributed by atoms with Gasteiger partial charge in [-0.1, -0.05) is 131 Å². The molecule has 0 aromatic heterocycles. The van der Waals surface area contributed by atoms with Crippen LogP contribution in [0.4, 0.5) is 34.1 Å². The smallest absolute Gasteiger partial charge is 0.343 e. The third kappa shape index (κ3) is 7.26. The summed E-state index contributed by atoms with van der Waals surface area (Å²) in [7, 11) is 0. The molecule has 0 N–H and O–H groups in total. The van der Waals surface area contributed by atoms with E-state index in [9.17, 15) is 4.79 Å². The van der Waals surface area contributed by atoms with Crippen LogP contribution in [0.25, 0.3) is 22.3 Å². The lowest BCUT2D eigenvalue weighted by molar-refractivity contribution is 0.0734. The molecule has 0 heterocycles. The highest BCUT2D eigenvalue weighted by atomic mass is 16.5. The minimum atomic E-state index is -0.406. The molecule has 1 aliphatic carbocycles. The number of nitrogens with zero attached hydrogens (tertiary/aromatic N) is 2. The number of esters is 1. The fourth-order valence-electron chi connectivity index (χ4n) is 8.57. The van der Waals surface area contributed by atoms with Gasteiger partial charge in [0.05, 0.1) is 5.56 Å². The molecule has 0 saturated carbocycles. The molecule has 0 radical (unpaired) electrons. The molecule has 0 fully saturated rings. The predicted octanol–water partition coefficient (Wildman–Crippen LogP) is 15.3. The zero-order chi connectivity index (χ0) is 41.4. The van der Waals surface area contributed by atoms with E-state index in [2.05, 4.69) is 172 Å². The molecule has 0 saturated heterocycles. The van der Waals surface area contributed by atoms with Crippen molar-refractivity contribution in [2.24, 2.45) is 0 Å². The zero-order valence-corrected chi connectivity index (χ0v) is 34.8. The first kappa shape index (κ1) is 38.4. The highest BCUT2D eigenvalue weighted by Crippen LogP contribution is 2.52. The van der Waals surface area contributed by atoms with Crippen LogP contribution in [0.3, 0.4) is 0 Å². The summed E-state index contributed by atoms with van der Waals surface area (Å²) >= 11 is 0. The maximum Gasteiger partial charge on any atom is 0.343 e. The van der Waals surface area contributed by atoms with Crippen LogP contribution in [-0.2, 0) is 5.41 Å². The molecule has 9 rings (SSSR count). The largest absolute Gasteiger partial charge is 0.423 e. The molecule has 0 bridgehead atoms. The average Bonchev–Trinajstić information content (AvgIpc) is 3.50. The lowest BCUT2D eigenvalue weighted by Crippen LogP contribution is -2.18. The van der Waals surface area contributed by atoms with Gasteiger partial charge in [0.1, 0.15) is 5.75 Å². The maximum atomic E-state index is 13.8. The molecular weight excluding hydrogens is 733 g/mol. The summed E-state index contributed by atoms with van der Waals surface area (Å²) in [4.78, 5) is 18.3. The number of anilines is 6. The fraction of sp³-hybridized carbons (Fsp3) is 0.125. The van der Waals surface area contributed by atoms with Gasteiger partial charge in [-0.2, -0.15) is 0 Å². The normalized spacial score (nSPS) is 12.4. The summed E-state index contributed by atoms with van der Waals surface area (Å²) in [6, 6.07) is 67.2. The second-order valence-electron chi connectivity index (χ2n) is 16.5. The van der Waals surface area contributed by atoms with Crippen LogP contribution in [0, 0.1) is 6.92 Å². The second-order valence-corrected chi connectivity index (χ2v) is 16.5. The minimum Gasteiger partial charge on any atom is -0.423 e. The van der Waals surface area contributed by atoms with Crippen LogP contribution in [0.5, 0.6) is 5.75 Å². The molecule has 0 unspecified atom stereocenters. The van der Waals surface area contributed by atoms with Gasteiger partial charge in [0.25, 0.3) is 0 Å². The van der Waals surface area contributed by atoms with Crippen molar-refractivity contribution in [2.45, 2.75) is 46.0 Å². The molecule has 0 spiro atoms. The maximum absolute atomic E-state index is 13.8. The molecule has 4 nitrogen and oxygen atoms in total. The first-order valence-corrected chi connectivity index (χ1v) is 20.7. The van der Waals surface area contributed by atoms with Gasteiger partial charge in [-0.05, 0) is 148 Å². The second kappa shape index (κ2) is 15.9. The number of para-hydroxylation sites is 3. The summed E-state index contributed by atoms with van der Waals surface area (Å²) < 4.78 is 5.98. The number of hydrogen-bond acceptors (Lipinski definition) is 4. The van der Waals surface area contributed by atoms with E-state index < -0.39 is 5.97 Å². The van der Waals surface area contributed by atoms with Crippen molar-refractivity contribution in [3.8, 4) is 28.0 Å². The van der Waals surface area contributed by atoms with Crippen molar-refractivity contribution in [2.75, 3.05) is 9.80 Å². The predicted molar refractivity (Wildman–Crippen MR) is 249 cm³/mol. The first-order valence-electron chi connectivity index (χ1n) is 20.7. The Bertz CT molecular complexity index is 2770. The SMILES string of the molecule is Cc1ccc(C(C)C)cc1-c1ccc(OC(=O)c2cccc(N(c3ccccc3)c3ccc4c(c3)C(C)(C)c3cc(N(c5ccccc5)c5ccccc5)ccc3-4)c2)cc1. The Kier molecular flexibility index (Phi) is 10.2. The Balaban J connectivity index is 1.03. The fourth-order valence-corrected chi connectivity index (χ4v) is 8.57. The monoisotopic (exact) mass is 780 g/mol. The molecule has 60 heavy (non-hydrogen) atoms. The number of hydrogen-bond donors (Lipinski definition) is 0. The Hall–Kier alpha value is -7.17. The Morgan fingerprint density at radius 2 is 0.967 bits per heavy atom. The van der Waals surface area contributed by atoms with E-state index in [1.54, 1.807) is 0 Å². The summed E-state index contributed by atoms with van der Waals surface area (Å²) in [6.07, 6.45) is 0. The highest BCUT2D eigenvalue weighted by molar-refractivity contribution is 5.94. The van der Waals surface area contributed by atoms with Crippen LogP contribution in [-0.4, -0.2) is 5.97 Å². The summed E-state index contributed by atoms with van der Waals surface area (Å²) in [5, 5.41) is 0. The van der Waals surface area contributed by atoms with Crippen molar-refractivity contribution >= 4 is 40.1 Å². The number of fused-ring (bicyclic) bond motifs is 3. The van der Waals surface area contributed by atoms with E-state index in [0.29, 0.717) is 17.2 Å². The topological polar surface area (TPSA) is 32.8 Å². The number of benzene rings is 8. The molecule has 4 heteroatoms. The average molecular weight is 781 g/mol. The highest BCUT2D eigenvalue weighted by Gasteiger charge is 2.37. The number of rotatable bonds is 10. The number of aryl methyl sites for hydroxylation is 1. The zero-order valence-electron chi connectivity index (χ0n) is 34.8. The summed E-state index contributed by atoms with van der Waals surface area (Å²) in [5.74, 6) is 0.541. The molecule has 1 aliphatic rings. The van der Waals surface area contributed by atoms with Gasteiger partial charge in [-0.3, -0.25) is 0 Å². The van der Waals surface area contributed by atoms with Gasteiger partial charge in [-0.15, -0.1) is 0 Å². The van der Waals surface area contributed by atoms with Crippen LogP contribution in [0.1, 0.15) is 66.2 Å². The molecule has 0 atom stereocenters. The van der Waals surface area contributed by atoms with Crippen molar-refractivity contribution in [1.82, 2.24) is 0 Å². The van der Waals surface area contributed by atoms with Gasteiger partial charge < -0.3 is 14.5 Å². The quantitative estimate of drug-likeness (QED) is 0.102. The van der Waals surface area contributed by atoms with Crippen LogP contribution < -0.4 is 14.5 Å². The van der Waals surface area contributed by atoms with Crippen LogP contribution in [0.2, 0.25) is 0 Å². The minimum absolute atomic E-state index is 0.283. The molecule has 8 aromatic carbocycles. The summed E-state index contributed by atoms with van der Waals surface area (Å²) in [5.41, 5.74) is 16.2. The standard InChI is InChI=1S/C56H48N2O2/c1-38(2)41-25-24-39(3)52(35-41)40-26-30-49(31-27-40)60-55(59)42-16-15-23-46(34-42)58(45-21-13-8-14-22-45)48-29-33-51-50-32-28-47(36-53(50)56(4,5)54(51)37-48)57(43-17-9-6-10-18-43)44-19-11-7-12-20-44/h6-38H,1-5H3. The van der Waals surface area contributed by atoms with E-state index in [4.69, 9.17) is 4.74 Å². The van der Waals surface area contributed by atoms with E-state index in [-0.39, 0.29) is 5.41 Å². The Morgan fingerprint density at radius 3 is 1.48 bits per heavy atom. The third-order valence-corrected chi connectivity index (χ3v) is 11.8. The van der Waals surface area contributed by atoms with Crippen LogP contribution in [0.15, 0.2) is 194 Å². The van der Waals surface area contributed by atoms with Gasteiger partial charge in [0.15, 0.2) is 0 Å². The lowest BCUT2D eigenvalue weighted by Gasteiger charge is -2.29. The molecule has 294 valence electrons. The van der Waals surface area contributed by atoms with E-state index in [0.717, 1.165) is 39.7 Å². The molecule has 0 amide bonds. The van der Waals surface area contributed by atoms with Gasteiger partial charge >= 0.3 is 5.97 Å². The Labute approximate surface area is 354 Å². The lowest BCUT2D eigenvalue weighted by atomic mass is 9.82. The van der Waals surface area contributed by atoms with Gasteiger partial charge in [0.2, 0.25) is 0 Å². The van der Waals surface area contributed by atoms with Crippen molar-refractivity contribution < 1.29 is 9.53 Å².